The topological polar surface area (TPSA) is 44.3 Å². The summed E-state index contributed by atoms with van der Waals surface area (Å²) in [6, 6.07) is 18.7. The van der Waals surface area contributed by atoms with Crippen molar-refractivity contribution in [1.82, 2.24) is 5.32 Å². The van der Waals surface area contributed by atoms with Crippen LogP contribution in [0.3, 0.4) is 0 Å². The summed E-state index contributed by atoms with van der Waals surface area (Å²) in [6.07, 6.45) is 1.81. The maximum Gasteiger partial charge on any atom is 0.0914 e. The van der Waals surface area contributed by atoms with Crippen LogP contribution in [0.25, 0.3) is 0 Å². The normalized spacial score (nSPS) is 17.8. The quantitative estimate of drug-likeness (QED) is 0.793. The van der Waals surface area contributed by atoms with Gasteiger partial charge in [-0.05, 0) is 30.0 Å². The Morgan fingerprint density at radius 2 is 1.82 bits per heavy atom. The van der Waals surface area contributed by atoms with E-state index in [1.807, 2.05) is 30.3 Å². The zero-order chi connectivity index (χ0) is 14.5. The molecule has 2 unspecified atom stereocenters. The predicted octanol–water partition coefficient (Wildman–Crippen LogP) is 3.16. The lowest BCUT2D eigenvalue weighted by Gasteiger charge is -2.27. The minimum absolute atomic E-state index is 0. The van der Waals surface area contributed by atoms with Crippen LogP contribution in [0.1, 0.15) is 23.7 Å². The van der Waals surface area contributed by atoms with Gasteiger partial charge in [0.2, 0.25) is 0 Å². The van der Waals surface area contributed by atoms with E-state index in [4.69, 9.17) is 0 Å². The van der Waals surface area contributed by atoms with Crippen LogP contribution in [0.15, 0.2) is 54.6 Å². The highest BCUT2D eigenvalue weighted by atomic mass is 35.5. The average Bonchev–Trinajstić information content (AvgIpc) is 2.55. The molecule has 2 aromatic carbocycles. The molecule has 3 N–H and O–H groups in total. The maximum atomic E-state index is 10.1. The lowest BCUT2D eigenvalue weighted by molar-refractivity contribution is 0.174. The minimum atomic E-state index is -0.443. The first kappa shape index (κ1) is 16.8. The Bertz CT molecular complexity index is 576. The van der Waals surface area contributed by atoms with Crippen molar-refractivity contribution in [2.24, 2.45) is 0 Å². The second-order valence-corrected chi connectivity index (χ2v) is 5.62. The zero-order valence-electron chi connectivity index (χ0n) is 12.5. The third-order valence-corrected chi connectivity index (χ3v) is 4.05. The van der Waals surface area contributed by atoms with Gasteiger partial charge >= 0.3 is 0 Å². The molecule has 0 radical (unpaired) electrons. The van der Waals surface area contributed by atoms with E-state index < -0.39 is 6.10 Å². The van der Waals surface area contributed by atoms with E-state index in [2.05, 4.69) is 34.9 Å². The molecule has 3 rings (SSSR count). The van der Waals surface area contributed by atoms with Gasteiger partial charge in [0.15, 0.2) is 0 Å². The number of nitrogens with one attached hydrogen (secondary N) is 2. The third kappa shape index (κ3) is 4.23. The van der Waals surface area contributed by atoms with Crippen molar-refractivity contribution < 1.29 is 5.11 Å². The van der Waals surface area contributed by atoms with Crippen LogP contribution in [0.2, 0.25) is 0 Å². The molecule has 1 aliphatic rings. The molecule has 1 aliphatic heterocycles. The first-order chi connectivity index (χ1) is 10.3. The van der Waals surface area contributed by atoms with Gasteiger partial charge in [0.25, 0.3) is 0 Å². The molecule has 0 spiro atoms. The van der Waals surface area contributed by atoms with Gasteiger partial charge in [-0.15, -0.1) is 12.4 Å². The number of hydrogen-bond acceptors (Lipinski definition) is 3. The number of aliphatic hydroxyl groups is 1. The van der Waals surface area contributed by atoms with Gasteiger partial charge in [-0.25, -0.2) is 0 Å². The largest absolute Gasteiger partial charge is 0.387 e. The summed E-state index contributed by atoms with van der Waals surface area (Å²) in [5.41, 5.74) is 3.61. The van der Waals surface area contributed by atoms with Crippen LogP contribution in [0.4, 0.5) is 5.69 Å². The number of aliphatic hydroxyl groups excluding tert-OH is 1. The van der Waals surface area contributed by atoms with Gasteiger partial charge in [0.05, 0.1) is 6.10 Å². The summed E-state index contributed by atoms with van der Waals surface area (Å²) in [5.74, 6) is 0. The number of anilines is 1. The first-order valence-corrected chi connectivity index (χ1v) is 7.61. The SMILES string of the molecule is Cl.OC(CNCC1CCc2ccccc2N1)c1ccccc1. The molecule has 3 nitrogen and oxygen atoms in total. The average molecular weight is 319 g/mol. The van der Waals surface area contributed by atoms with Crippen molar-refractivity contribution in [2.75, 3.05) is 18.4 Å². The van der Waals surface area contributed by atoms with Crippen molar-refractivity contribution in [2.45, 2.75) is 25.0 Å². The Kier molecular flexibility index (Phi) is 6.25. The number of fused-ring (bicyclic) bond motifs is 1. The summed E-state index contributed by atoms with van der Waals surface area (Å²) in [6.45, 7) is 1.46. The Morgan fingerprint density at radius 1 is 1.09 bits per heavy atom. The molecule has 0 amide bonds. The standard InChI is InChI=1S/C18H22N2O.ClH/c21-18(15-7-2-1-3-8-15)13-19-12-16-11-10-14-6-4-5-9-17(14)20-16;/h1-9,16,18-21H,10-13H2;1H. The molecule has 0 saturated heterocycles. The summed E-state index contributed by atoms with van der Waals surface area (Å²) in [4.78, 5) is 0. The molecule has 118 valence electrons. The number of benzene rings is 2. The molecule has 2 aromatic rings. The molecule has 22 heavy (non-hydrogen) atoms. The van der Waals surface area contributed by atoms with Gasteiger partial charge in [-0.2, -0.15) is 0 Å². The Balaban J connectivity index is 0.00000176. The van der Waals surface area contributed by atoms with Crippen molar-refractivity contribution >= 4 is 18.1 Å². The van der Waals surface area contributed by atoms with Crippen LogP contribution in [-0.2, 0) is 6.42 Å². The van der Waals surface area contributed by atoms with E-state index >= 15 is 0 Å². The van der Waals surface area contributed by atoms with Crippen LogP contribution in [0, 0.1) is 0 Å². The van der Waals surface area contributed by atoms with Crippen LogP contribution in [-0.4, -0.2) is 24.2 Å². The van der Waals surface area contributed by atoms with Crippen LogP contribution >= 0.6 is 12.4 Å². The fraction of sp³-hybridized carbons (Fsp3) is 0.333. The van der Waals surface area contributed by atoms with Crippen molar-refractivity contribution in [3.8, 4) is 0 Å². The zero-order valence-corrected chi connectivity index (χ0v) is 13.4. The van der Waals surface area contributed by atoms with E-state index in [9.17, 15) is 5.11 Å². The highest BCUT2D eigenvalue weighted by Crippen LogP contribution is 2.23. The number of rotatable bonds is 5. The maximum absolute atomic E-state index is 10.1. The molecule has 0 bridgehead atoms. The predicted molar refractivity (Wildman–Crippen MR) is 93.7 cm³/mol. The highest BCUT2D eigenvalue weighted by Gasteiger charge is 2.17. The molecule has 4 heteroatoms. The van der Waals surface area contributed by atoms with Gasteiger partial charge in [-0.1, -0.05) is 48.5 Å². The van der Waals surface area contributed by atoms with Gasteiger partial charge in [-0.3, -0.25) is 0 Å². The number of aryl methyl sites for hydroxylation is 1. The second-order valence-electron chi connectivity index (χ2n) is 5.62. The second kappa shape index (κ2) is 8.18. The molecular weight excluding hydrogens is 296 g/mol. The molecule has 0 aromatic heterocycles. The number of para-hydroxylation sites is 1. The van der Waals surface area contributed by atoms with Crippen LogP contribution in [0.5, 0.6) is 0 Å². The first-order valence-electron chi connectivity index (χ1n) is 7.61. The van der Waals surface area contributed by atoms with Crippen molar-refractivity contribution in [3.05, 3.63) is 65.7 Å². The molecule has 0 saturated carbocycles. The van der Waals surface area contributed by atoms with Gasteiger partial charge < -0.3 is 15.7 Å². The van der Waals surface area contributed by atoms with Crippen molar-refractivity contribution in [3.63, 3.8) is 0 Å². The molecule has 0 aliphatic carbocycles. The minimum Gasteiger partial charge on any atom is -0.387 e. The molecule has 2 atom stereocenters. The molecular formula is C18H23ClN2O. The summed E-state index contributed by atoms with van der Waals surface area (Å²) in [7, 11) is 0. The van der Waals surface area contributed by atoms with E-state index in [0.29, 0.717) is 12.6 Å². The van der Waals surface area contributed by atoms with Gasteiger partial charge in [0.1, 0.15) is 0 Å². The van der Waals surface area contributed by atoms with E-state index in [1.54, 1.807) is 0 Å². The number of hydrogen-bond donors (Lipinski definition) is 3. The van der Waals surface area contributed by atoms with Crippen molar-refractivity contribution in [1.29, 1.82) is 0 Å². The smallest absolute Gasteiger partial charge is 0.0914 e. The lowest BCUT2D eigenvalue weighted by atomic mass is 9.98. The summed E-state index contributed by atoms with van der Waals surface area (Å²) >= 11 is 0. The van der Waals surface area contributed by atoms with E-state index in [0.717, 1.165) is 24.9 Å². The van der Waals surface area contributed by atoms with Gasteiger partial charge in [0, 0.05) is 24.8 Å². The highest BCUT2D eigenvalue weighted by molar-refractivity contribution is 5.85. The van der Waals surface area contributed by atoms with E-state index in [1.165, 1.54) is 11.3 Å². The third-order valence-electron chi connectivity index (χ3n) is 4.05. The fourth-order valence-corrected chi connectivity index (χ4v) is 2.84. The monoisotopic (exact) mass is 318 g/mol. The Morgan fingerprint density at radius 3 is 2.64 bits per heavy atom. The Labute approximate surface area is 138 Å². The fourth-order valence-electron chi connectivity index (χ4n) is 2.84. The lowest BCUT2D eigenvalue weighted by Crippen LogP contribution is -2.37. The molecule has 1 heterocycles. The summed E-state index contributed by atoms with van der Waals surface area (Å²) < 4.78 is 0. The molecule has 0 fully saturated rings. The van der Waals surface area contributed by atoms with E-state index in [-0.39, 0.29) is 12.4 Å². The van der Waals surface area contributed by atoms with Crippen LogP contribution < -0.4 is 10.6 Å². The Hall–Kier alpha value is -1.55. The number of halogens is 1. The summed E-state index contributed by atoms with van der Waals surface area (Å²) in [5, 5.41) is 17.1.